The molecule has 2 saturated heterocycles. The highest BCUT2D eigenvalue weighted by Gasteiger charge is 2.21. The number of aliphatic hydroxyl groups is 1. The predicted molar refractivity (Wildman–Crippen MR) is 136 cm³/mol. The number of nitrogens with one attached hydrogen (secondary N) is 1. The van der Waals surface area contributed by atoms with Crippen LogP contribution >= 0.6 is 0 Å². The number of hydrogen-bond donors (Lipinski definition) is 2. The molecule has 3 aromatic rings. The van der Waals surface area contributed by atoms with Gasteiger partial charge in [-0.15, -0.1) is 0 Å². The molecule has 1 atom stereocenters. The summed E-state index contributed by atoms with van der Waals surface area (Å²) >= 11 is 0. The summed E-state index contributed by atoms with van der Waals surface area (Å²) in [6.45, 7) is 5.82. The first kappa shape index (κ1) is 23.4. The number of anilines is 4. The van der Waals surface area contributed by atoms with E-state index in [1.807, 2.05) is 25.2 Å². The van der Waals surface area contributed by atoms with Crippen LogP contribution in [0, 0.1) is 0 Å². The Morgan fingerprint density at radius 2 is 1.83 bits per heavy atom. The van der Waals surface area contributed by atoms with Gasteiger partial charge in [-0.3, -0.25) is 4.79 Å². The minimum absolute atomic E-state index is 0.115. The van der Waals surface area contributed by atoms with E-state index in [0.717, 1.165) is 61.4 Å². The topological polar surface area (TPSA) is 111 Å². The first-order chi connectivity index (χ1) is 17.0. The molecule has 1 amide bonds. The lowest BCUT2D eigenvalue weighted by Gasteiger charge is -2.29. The smallest absolute Gasteiger partial charge is 0.229 e. The monoisotopic (exact) mass is 476 g/mol. The minimum Gasteiger partial charge on any atom is -0.387 e. The number of likely N-dealkylation sites (N-methyl/N-ethyl adjacent to an activating group) is 1. The molecule has 0 aromatic carbocycles. The number of carbonyl (C=O) groups is 1. The van der Waals surface area contributed by atoms with Crippen molar-refractivity contribution in [3.63, 3.8) is 0 Å². The Labute approximate surface area is 205 Å². The number of hydrogen-bond acceptors (Lipinski definition) is 9. The van der Waals surface area contributed by atoms with Gasteiger partial charge < -0.3 is 25.1 Å². The van der Waals surface area contributed by atoms with Crippen LogP contribution in [0.25, 0.3) is 10.9 Å². The van der Waals surface area contributed by atoms with Gasteiger partial charge in [0, 0.05) is 50.7 Å². The van der Waals surface area contributed by atoms with E-state index in [1.54, 1.807) is 24.2 Å². The summed E-state index contributed by atoms with van der Waals surface area (Å²) in [6, 6.07) is 5.58. The average molecular weight is 477 g/mol. The number of amides is 1. The molecule has 0 radical (unpaired) electrons. The summed E-state index contributed by atoms with van der Waals surface area (Å²) in [6.07, 6.45) is 6.75. The molecule has 2 aliphatic heterocycles. The first-order valence-corrected chi connectivity index (χ1v) is 12.3. The molecular formula is C25H32N8O2. The second kappa shape index (κ2) is 10.1. The molecule has 10 nitrogen and oxygen atoms in total. The van der Waals surface area contributed by atoms with Gasteiger partial charge in [0.1, 0.15) is 11.3 Å². The van der Waals surface area contributed by atoms with E-state index in [0.29, 0.717) is 30.4 Å². The molecule has 184 valence electrons. The van der Waals surface area contributed by atoms with Crippen molar-refractivity contribution < 1.29 is 9.90 Å². The molecule has 0 spiro atoms. The van der Waals surface area contributed by atoms with E-state index in [1.165, 1.54) is 6.42 Å². The molecular weight excluding hydrogens is 444 g/mol. The van der Waals surface area contributed by atoms with Crippen molar-refractivity contribution in [3.05, 3.63) is 36.3 Å². The van der Waals surface area contributed by atoms with Crippen molar-refractivity contribution in [2.75, 3.05) is 54.9 Å². The molecule has 2 fully saturated rings. The first-order valence-electron chi connectivity index (χ1n) is 12.3. The van der Waals surface area contributed by atoms with Crippen LogP contribution in [-0.2, 0) is 4.79 Å². The maximum absolute atomic E-state index is 12.5. The summed E-state index contributed by atoms with van der Waals surface area (Å²) < 4.78 is 0. The zero-order chi connectivity index (χ0) is 24.4. The van der Waals surface area contributed by atoms with Crippen LogP contribution in [0.1, 0.15) is 44.4 Å². The van der Waals surface area contributed by atoms with Crippen molar-refractivity contribution in [1.82, 2.24) is 24.8 Å². The van der Waals surface area contributed by atoms with Crippen LogP contribution < -0.4 is 15.1 Å². The molecule has 2 N–H and O–H groups in total. The maximum Gasteiger partial charge on any atom is 0.229 e. The number of carbonyl (C=O) groups excluding carboxylic acids is 1. The van der Waals surface area contributed by atoms with Gasteiger partial charge in [-0.05, 0) is 51.4 Å². The zero-order valence-electron chi connectivity index (χ0n) is 20.3. The van der Waals surface area contributed by atoms with Crippen LogP contribution in [-0.4, -0.2) is 75.6 Å². The Morgan fingerprint density at radius 1 is 1.00 bits per heavy atom. The van der Waals surface area contributed by atoms with Crippen molar-refractivity contribution >= 4 is 40.1 Å². The second-order valence-corrected chi connectivity index (χ2v) is 9.35. The number of fused-ring (bicyclic) bond motifs is 1. The number of rotatable bonds is 5. The Bertz CT molecular complexity index is 1190. The van der Waals surface area contributed by atoms with E-state index in [-0.39, 0.29) is 5.91 Å². The zero-order valence-corrected chi connectivity index (χ0v) is 20.3. The fourth-order valence-electron chi connectivity index (χ4n) is 4.58. The molecule has 35 heavy (non-hydrogen) atoms. The highest BCUT2D eigenvalue weighted by atomic mass is 16.3. The summed E-state index contributed by atoms with van der Waals surface area (Å²) in [4.78, 5) is 37.2. The number of nitrogens with zero attached hydrogens (tertiary/aromatic N) is 7. The average Bonchev–Trinajstić information content (AvgIpc) is 3.05. The van der Waals surface area contributed by atoms with Crippen LogP contribution in [0.4, 0.5) is 23.3 Å². The van der Waals surface area contributed by atoms with Gasteiger partial charge in [-0.2, -0.15) is 0 Å². The number of pyridine rings is 2. The number of aromatic nitrogens is 4. The summed E-state index contributed by atoms with van der Waals surface area (Å²) in [7, 11) is 2.03. The highest BCUT2D eigenvalue weighted by molar-refractivity contribution is 5.93. The molecule has 0 aliphatic carbocycles. The van der Waals surface area contributed by atoms with Crippen molar-refractivity contribution in [2.24, 2.45) is 0 Å². The van der Waals surface area contributed by atoms with E-state index in [4.69, 9.17) is 9.97 Å². The number of piperidine rings is 1. The van der Waals surface area contributed by atoms with Crippen molar-refractivity contribution in [1.29, 1.82) is 0 Å². The fourth-order valence-corrected chi connectivity index (χ4v) is 4.58. The van der Waals surface area contributed by atoms with Gasteiger partial charge in [-0.1, -0.05) is 0 Å². The molecule has 2 aliphatic rings. The standard InChI is InChI=1S/C25H32N8O2/c1-17(34)20-14-18-15-27-25(30-23(18)24(28-20)32-9-4-3-5-10-32)29-21-7-6-19(16-26-21)33-13-12-31(2)11-8-22(33)35/h6-7,14-17,34H,3-5,8-13H2,1-2H3,(H,26,27,29,30)/t17-/m1/s1. The summed E-state index contributed by atoms with van der Waals surface area (Å²) in [5.74, 6) is 1.93. The van der Waals surface area contributed by atoms with Crippen LogP contribution in [0.5, 0.6) is 0 Å². The molecule has 5 rings (SSSR count). The lowest BCUT2D eigenvalue weighted by molar-refractivity contribution is -0.118. The fraction of sp³-hybridized carbons (Fsp3) is 0.480. The molecule has 0 unspecified atom stereocenters. The lowest BCUT2D eigenvalue weighted by atomic mass is 10.1. The largest absolute Gasteiger partial charge is 0.387 e. The Balaban J connectivity index is 1.40. The maximum atomic E-state index is 12.5. The van der Waals surface area contributed by atoms with Crippen molar-refractivity contribution in [3.8, 4) is 0 Å². The Morgan fingerprint density at radius 3 is 2.57 bits per heavy atom. The molecule has 3 aromatic heterocycles. The SMILES string of the molecule is C[C@@H](O)c1cc2cnc(Nc3ccc(N4CCN(C)CCC4=O)cn3)nc2c(N2CCCCC2)n1. The quantitative estimate of drug-likeness (QED) is 0.574. The molecule has 5 heterocycles. The van der Waals surface area contributed by atoms with E-state index in [2.05, 4.69) is 25.1 Å². The third-order valence-corrected chi connectivity index (χ3v) is 6.66. The Kier molecular flexibility index (Phi) is 6.74. The Hall–Kier alpha value is -3.37. The van der Waals surface area contributed by atoms with E-state index in [9.17, 15) is 9.90 Å². The van der Waals surface area contributed by atoms with Crippen LogP contribution in [0.15, 0.2) is 30.6 Å². The van der Waals surface area contributed by atoms with Gasteiger partial charge in [0.2, 0.25) is 11.9 Å². The van der Waals surface area contributed by atoms with E-state index < -0.39 is 6.10 Å². The molecule has 10 heteroatoms. The molecule has 0 bridgehead atoms. The van der Waals surface area contributed by atoms with Gasteiger partial charge in [0.05, 0.1) is 23.7 Å². The van der Waals surface area contributed by atoms with Crippen molar-refractivity contribution in [2.45, 2.75) is 38.7 Å². The highest BCUT2D eigenvalue weighted by Crippen LogP contribution is 2.29. The third-order valence-electron chi connectivity index (χ3n) is 6.66. The number of aliphatic hydroxyl groups excluding tert-OH is 1. The molecule has 0 saturated carbocycles. The van der Waals surface area contributed by atoms with Crippen LogP contribution in [0.2, 0.25) is 0 Å². The predicted octanol–water partition coefficient (Wildman–Crippen LogP) is 2.88. The van der Waals surface area contributed by atoms with Crippen LogP contribution in [0.3, 0.4) is 0 Å². The third kappa shape index (κ3) is 5.18. The van der Waals surface area contributed by atoms with Gasteiger partial charge in [0.25, 0.3) is 0 Å². The lowest BCUT2D eigenvalue weighted by Crippen LogP contribution is -2.32. The minimum atomic E-state index is -0.667. The summed E-state index contributed by atoms with van der Waals surface area (Å²) in [5, 5.41) is 14.2. The van der Waals surface area contributed by atoms with Gasteiger partial charge in [0.15, 0.2) is 5.82 Å². The summed E-state index contributed by atoms with van der Waals surface area (Å²) in [5.41, 5.74) is 2.16. The van der Waals surface area contributed by atoms with E-state index >= 15 is 0 Å². The van der Waals surface area contributed by atoms with Gasteiger partial charge >= 0.3 is 0 Å². The second-order valence-electron chi connectivity index (χ2n) is 9.35. The van der Waals surface area contributed by atoms with Gasteiger partial charge in [-0.25, -0.2) is 19.9 Å². The normalized spacial score (nSPS) is 18.5.